The highest BCUT2D eigenvalue weighted by atomic mass is 32.2. The number of nitrogens with one attached hydrogen (secondary N) is 1. The van der Waals surface area contributed by atoms with Crippen molar-refractivity contribution >= 4 is 23.4 Å². The highest BCUT2D eigenvalue weighted by Crippen LogP contribution is 2.39. The minimum Gasteiger partial charge on any atom is -0.494 e. The Kier molecular flexibility index (Phi) is 6.33. The second kappa shape index (κ2) is 8.43. The zero-order valence-electron chi connectivity index (χ0n) is 18.8. The molecule has 1 aliphatic rings. The summed E-state index contributed by atoms with van der Waals surface area (Å²) >= 11 is 1.97. The van der Waals surface area contributed by atoms with Crippen LogP contribution in [0.2, 0.25) is 0 Å². The molecule has 1 amide bonds. The number of amides is 1. The van der Waals surface area contributed by atoms with Gasteiger partial charge in [-0.15, -0.1) is 11.8 Å². The highest BCUT2D eigenvalue weighted by Gasteiger charge is 2.38. The molecule has 2 aromatic carbocycles. The van der Waals surface area contributed by atoms with Gasteiger partial charge in [-0.25, -0.2) is 0 Å². The van der Waals surface area contributed by atoms with E-state index in [1.165, 1.54) is 32.7 Å². The number of rotatable bonds is 7. The lowest BCUT2D eigenvalue weighted by Crippen LogP contribution is -2.26. The molecular formula is C25H33NO2S. The summed E-state index contributed by atoms with van der Waals surface area (Å²) in [6.07, 6.45) is 2.14. The third-order valence-corrected chi connectivity index (χ3v) is 7.86. The maximum absolute atomic E-state index is 12.1. The molecule has 0 radical (unpaired) electrons. The molecule has 0 saturated heterocycles. The minimum atomic E-state index is -0.495. The number of ether oxygens (including phenoxy) is 1. The van der Waals surface area contributed by atoms with Gasteiger partial charge in [0.2, 0.25) is 5.91 Å². The van der Waals surface area contributed by atoms with Gasteiger partial charge in [-0.3, -0.25) is 4.79 Å². The fourth-order valence-electron chi connectivity index (χ4n) is 3.89. The summed E-state index contributed by atoms with van der Waals surface area (Å²) in [5.41, 5.74) is 8.55. The van der Waals surface area contributed by atoms with Crippen LogP contribution in [0.15, 0.2) is 23.1 Å². The molecule has 2 aromatic rings. The number of thioether (sulfide) groups is 1. The van der Waals surface area contributed by atoms with Crippen LogP contribution in [0.3, 0.4) is 0 Å². The molecule has 0 spiro atoms. The van der Waals surface area contributed by atoms with E-state index in [1.807, 2.05) is 43.8 Å². The minimum absolute atomic E-state index is 0.0499. The van der Waals surface area contributed by atoms with Gasteiger partial charge in [-0.2, -0.15) is 0 Å². The van der Waals surface area contributed by atoms with Crippen molar-refractivity contribution in [2.24, 2.45) is 0 Å². The Morgan fingerprint density at radius 2 is 1.55 bits per heavy atom. The fourth-order valence-corrected chi connectivity index (χ4v) is 5.18. The van der Waals surface area contributed by atoms with Gasteiger partial charge < -0.3 is 10.1 Å². The average Bonchev–Trinajstić information content (AvgIpc) is 2.92. The van der Waals surface area contributed by atoms with E-state index >= 15 is 0 Å². The molecule has 0 saturated carbocycles. The van der Waals surface area contributed by atoms with Crippen molar-refractivity contribution in [3.05, 3.63) is 51.6 Å². The normalized spacial score (nSPS) is 14.7. The van der Waals surface area contributed by atoms with E-state index in [0.29, 0.717) is 6.61 Å². The first kappa shape index (κ1) is 21.8. The number of hydrogen-bond donors (Lipinski definition) is 1. The fraction of sp³-hybridized carbons (Fsp3) is 0.480. The van der Waals surface area contributed by atoms with E-state index in [-0.39, 0.29) is 5.91 Å². The third kappa shape index (κ3) is 4.18. The Balaban J connectivity index is 1.50. The second-order valence-corrected chi connectivity index (χ2v) is 9.75. The maximum Gasteiger partial charge on any atom is 0.234 e. The standard InChI is InChI=1S/C25H33NO2S/c1-15-16(2)18(4)23(19(5)17(15)3)29-13-9-8-12-28-20-10-11-22-21(14-20)25(6,7)24(27)26-22/h10-11,14H,8-9,12-13H2,1-7H3,(H,26,27). The molecule has 0 aromatic heterocycles. The number of carbonyl (C=O) groups excluding carboxylic acids is 1. The molecule has 156 valence electrons. The van der Waals surface area contributed by atoms with Gasteiger partial charge in [0.15, 0.2) is 0 Å². The lowest BCUT2D eigenvalue weighted by Gasteiger charge is -2.18. The summed E-state index contributed by atoms with van der Waals surface area (Å²) in [5, 5.41) is 2.94. The Labute approximate surface area is 179 Å². The van der Waals surface area contributed by atoms with Crippen molar-refractivity contribution in [1.29, 1.82) is 0 Å². The van der Waals surface area contributed by atoms with Crippen LogP contribution in [0.1, 0.15) is 60.1 Å². The summed E-state index contributed by atoms with van der Waals surface area (Å²) < 4.78 is 5.97. The predicted molar refractivity (Wildman–Crippen MR) is 124 cm³/mol. The SMILES string of the molecule is Cc1c(C)c(C)c(SCCCCOc2ccc3c(c2)C(C)(C)C(=O)N3)c(C)c1C. The molecule has 1 N–H and O–H groups in total. The summed E-state index contributed by atoms with van der Waals surface area (Å²) in [5.74, 6) is 1.99. The quantitative estimate of drug-likeness (QED) is 0.422. The maximum atomic E-state index is 12.1. The zero-order valence-corrected chi connectivity index (χ0v) is 19.6. The van der Waals surface area contributed by atoms with Crippen LogP contribution >= 0.6 is 11.8 Å². The van der Waals surface area contributed by atoms with Crippen molar-refractivity contribution in [2.75, 3.05) is 17.7 Å². The Hall–Kier alpha value is -1.94. The molecule has 1 aliphatic heterocycles. The van der Waals surface area contributed by atoms with E-state index in [9.17, 15) is 4.79 Å². The van der Waals surface area contributed by atoms with Crippen LogP contribution in [0.5, 0.6) is 5.75 Å². The van der Waals surface area contributed by atoms with Gasteiger partial charge >= 0.3 is 0 Å². The van der Waals surface area contributed by atoms with Crippen molar-refractivity contribution in [3.63, 3.8) is 0 Å². The van der Waals surface area contributed by atoms with Crippen molar-refractivity contribution < 1.29 is 9.53 Å². The van der Waals surface area contributed by atoms with Crippen molar-refractivity contribution in [1.82, 2.24) is 0 Å². The highest BCUT2D eigenvalue weighted by molar-refractivity contribution is 7.99. The Morgan fingerprint density at radius 3 is 2.21 bits per heavy atom. The van der Waals surface area contributed by atoms with Crippen LogP contribution in [0.25, 0.3) is 0 Å². The third-order valence-electron chi connectivity index (χ3n) is 6.47. The Bertz CT molecular complexity index is 917. The second-order valence-electron chi connectivity index (χ2n) is 8.64. The molecule has 0 bridgehead atoms. The molecule has 3 nitrogen and oxygen atoms in total. The van der Waals surface area contributed by atoms with Crippen molar-refractivity contribution in [3.8, 4) is 5.75 Å². The lowest BCUT2D eigenvalue weighted by atomic mass is 9.86. The molecule has 29 heavy (non-hydrogen) atoms. The van der Waals surface area contributed by atoms with Gasteiger partial charge in [-0.05, 0) is 119 Å². The summed E-state index contributed by atoms with van der Waals surface area (Å²) in [6.45, 7) is 15.8. The van der Waals surface area contributed by atoms with Gasteiger partial charge in [0.05, 0.1) is 12.0 Å². The van der Waals surface area contributed by atoms with Gasteiger partial charge in [0.25, 0.3) is 0 Å². The largest absolute Gasteiger partial charge is 0.494 e. The van der Waals surface area contributed by atoms with E-state index in [2.05, 4.69) is 39.9 Å². The van der Waals surface area contributed by atoms with Crippen LogP contribution in [0.4, 0.5) is 5.69 Å². The molecule has 0 fully saturated rings. The van der Waals surface area contributed by atoms with Gasteiger partial charge in [-0.1, -0.05) is 0 Å². The summed E-state index contributed by atoms with van der Waals surface area (Å²) in [7, 11) is 0. The lowest BCUT2D eigenvalue weighted by molar-refractivity contribution is -0.119. The molecule has 3 rings (SSSR count). The van der Waals surface area contributed by atoms with Crippen molar-refractivity contribution in [2.45, 2.75) is 71.6 Å². The van der Waals surface area contributed by atoms with Gasteiger partial charge in [0, 0.05) is 10.6 Å². The number of benzene rings is 2. The smallest absolute Gasteiger partial charge is 0.234 e. The van der Waals surface area contributed by atoms with Crippen LogP contribution in [0, 0.1) is 34.6 Å². The molecule has 0 atom stereocenters. The number of unbranched alkanes of at least 4 members (excludes halogenated alkanes) is 1. The molecule has 0 unspecified atom stereocenters. The van der Waals surface area contributed by atoms with Gasteiger partial charge in [0.1, 0.15) is 5.75 Å². The summed E-state index contributed by atoms with van der Waals surface area (Å²) in [4.78, 5) is 13.5. The number of carbonyl (C=O) groups is 1. The summed E-state index contributed by atoms with van der Waals surface area (Å²) in [6, 6.07) is 5.90. The first-order chi connectivity index (χ1) is 13.6. The van der Waals surface area contributed by atoms with E-state index in [0.717, 1.165) is 35.6 Å². The molecular weight excluding hydrogens is 378 g/mol. The number of fused-ring (bicyclic) bond motifs is 1. The molecule has 4 heteroatoms. The van der Waals surface area contributed by atoms with E-state index in [1.54, 1.807) is 0 Å². The zero-order chi connectivity index (χ0) is 21.3. The first-order valence-corrected chi connectivity index (χ1v) is 11.4. The molecule has 1 heterocycles. The van der Waals surface area contributed by atoms with Crippen LogP contribution < -0.4 is 10.1 Å². The Morgan fingerprint density at radius 1 is 0.931 bits per heavy atom. The number of hydrogen-bond acceptors (Lipinski definition) is 3. The monoisotopic (exact) mass is 411 g/mol. The topological polar surface area (TPSA) is 38.3 Å². The van der Waals surface area contributed by atoms with Crippen LogP contribution in [-0.2, 0) is 10.2 Å². The van der Waals surface area contributed by atoms with E-state index in [4.69, 9.17) is 4.74 Å². The molecule has 0 aliphatic carbocycles. The predicted octanol–water partition coefficient (Wildman–Crippen LogP) is 6.41. The average molecular weight is 412 g/mol. The van der Waals surface area contributed by atoms with E-state index < -0.39 is 5.41 Å². The van der Waals surface area contributed by atoms with Crippen LogP contribution in [-0.4, -0.2) is 18.3 Å². The first-order valence-electron chi connectivity index (χ1n) is 10.4. The number of anilines is 1.